The lowest BCUT2D eigenvalue weighted by Gasteiger charge is -2.18. The predicted molar refractivity (Wildman–Crippen MR) is 125 cm³/mol. The lowest BCUT2D eigenvalue weighted by Crippen LogP contribution is -2.28. The lowest BCUT2D eigenvalue weighted by molar-refractivity contribution is -0.139. The fourth-order valence-electron chi connectivity index (χ4n) is 3.17. The third kappa shape index (κ3) is 6.53. The third-order valence-corrected chi connectivity index (χ3v) is 5.51. The molecule has 0 saturated carbocycles. The number of esters is 3. The number of thioether (sulfide) groups is 1. The molecule has 0 radical (unpaired) electrons. The first kappa shape index (κ1) is 27.7. The van der Waals surface area contributed by atoms with Crippen molar-refractivity contribution in [2.24, 2.45) is 0 Å². The summed E-state index contributed by atoms with van der Waals surface area (Å²) in [6.45, 7) is 8.44. The minimum atomic E-state index is -0.929. The van der Waals surface area contributed by atoms with Crippen LogP contribution in [0.4, 0.5) is 11.8 Å². The number of nitrogens with one attached hydrogen (secondary N) is 1. The summed E-state index contributed by atoms with van der Waals surface area (Å²) < 4.78 is 21.9. The highest BCUT2D eigenvalue weighted by atomic mass is 32.2. The van der Waals surface area contributed by atoms with Gasteiger partial charge in [0, 0.05) is 0 Å². The summed E-state index contributed by atoms with van der Waals surface area (Å²) in [5.74, 6) is -3.02. The molecule has 0 fully saturated rings. The maximum Gasteiger partial charge on any atom is 0.344 e. The van der Waals surface area contributed by atoms with Gasteiger partial charge in [-0.2, -0.15) is 0 Å². The first-order valence-corrected chi connectivity index (χ1v) is 12.0. The number of aromatic nitrogens is 3. The van der Waals surface area contributed by atoms with Crippen molar-refractivity contribution in [3.63, 3.8) is 0 Å². The molecular formula is C21H29N5O8S. The maximum atomic E-state index is 13.3. The van der Waals surface area contributed by atoms with E-state index in [-0.39, 0.29) is 65.9 Å². The zero-order valence-electron chi connectivity index (χ0n) is 20.2. The molecule has 35 heavy (non-hydrogen) atoms. The normalized spacial score (nSPS) is 11.6. The number of amides is 1. The summed E-state index contributed by atoms with van der Waals surface area (Å²) >= 11 is 1.01. The number of hydrogen-bond donors (Lipinski definition) is 2. The molecule has 0 saturated heterocycles. The SMILES string of the molecule is CCOC(=O)CSc1nnc(N)n1C(CC)C(=O)Nc1oc(C)c(C(=O)OCC)c1C(=O)OCC. The standard InChI is InChI=1S/C21H29N5O8S/c1-6-12(26-20(22)24-25-21(26)35-10-13(27)31-7-2)16(28)23-17-15(19(30)33-9-4)14(11(5)34-17)18(29)32-8-3/h12H,6-10H2,1-5H3,(H2,22,24)(H,23,28). The van der Waals surface area contributed by atoms with Crippen molar-refractivity contribution < 1.29 is 37.8 Å². The van der Waals surface area contributed by atoms with Crippen molar-refractivity contribution in [2.45, 2.75) is 52.2 Å². The number of aryl methyl sites for hydroxylation is 1. The van der Waals surface area contributed by atoms with Crippen molar-refractivity contribution in [1.29, 1.82) is 0 Å². The molecule has 1 atom stereocenters. The van der Waals surface area contributed by atoms with E-state index >= 15 is 0 Å². The van der Waals surface area contributed by atoms with Crippen LogP contribution in [0.3, 0.4) is 0 Å². The Morgan fingerprint density at radius 2 is 1.60 bits per heavy atom. The van der Waals surface area contributed by atoms with Gasteiger partial charge in [0.15, 0.2) is 5.16 Å². The van der Waals surface area contributed by atoms with Crippen molar-refractivity contribution >= 4 is 47.4 Å². The Kier molecular flexibility index (Phi) is 10.1. The highest BCUT2D eigenvalue weighted by molar-refractivity contribution is 7.99. The van der Waals surface area contributed by atoms with Crippen LogP contribution in [-0.4, -0.2) is 64.2 Å². The highest BCUT2D eigenvalue weighted by Gasteiger charge is 2.33. The van der Waals surface area contributed by atoms with Gasteiger partial charge in [0.2, 0.25) is 17.7 Å². The van der Waals surface area contributed by atoms with Crippen molar-refractivity contribution in [3.8, 4) is 0 Å². The molecule has 0 bridgehead atoms. The van der Waals surface area contributed by atoms with E-state index in [2.05, 4.69) is 15.5 Å². The minimum Gasteiger partial charge on any atom is -0.465 e. The van der Waals surface area contributed by atoms with E-state index in [1.165, 1.54) is 11.5 Å². The summed E-state index contributed by atoms with van der Waals surface area (Å²) in [4.78, 5) is 50.1. The van der Waals surface area contributed by atoms with E-state index in [0.717, 1.165) is 11.8 Å². The lowest BCUT2D eigenvalue weighted by atomic mass is 10.1. The van der Waals surface area contributed by atoms with E-state index < -0.39 is 29.9 Å². The quantitative estimate of drug-likeness (QED) is 0.242. The smallest absolute Gasteiger partial charge is 0.344 e. The van der Waals surface area contributed by atoms with E-state index in [4.69, 9.17) is 24.4 Å². The van der Waals surface area contributed by atoms with Gasteiger partial charge in [-0.3, -0.25) is 19.5 Å². The van der Waals surface area contributed by atoms with Crippen LogP contribution in [0.1, 0.15) is 66.6 Å². The number of anilines is 2. The van der Waals surface area contributed by atoms with Gasteiger partial charge in [0.05, 0.1) is 25.6 Å². The van der Waals surface area contributed by atoms with Gasteiger partial charge in [-0.15, -0.1) is 10.2 Å². The number of nitrogen functional groups attached to an aromatic ring is 1. The Hall–Kier alpha value is -3.55. The number of furan rings is 1. The molecule has 2 rings (SSSR count). The molecule has 2 heterocycles. The van der Waals surface area contributed by atoms with Gasteiger partial charge in [0.25, 0.3) is 0 Å². The van der Waals surface area contributed by atoms with Crippen LogP contribution in [0.25, 0.3) is 0 Å². The number of nitrogens with two attached hydrogens (primary N) is 1. The van der Waals surface area contributed by atoms with Crippen LogP contribution in [0.2, 0.25) is 0 Å². The molecule has 1 amide bonds. The molecule has 3 N–H and O–H groups in total. The molecule has 192 valence electrons. The second kappa shape index (κ2) is 12.8. The molecular weight excluding hydrogens is 482 g/mol. The van der Waals surface area contributed by atoms with Crippen LogP contribution in [-0.2, 0) is 23.8 Å². The average molecular weight is 512 g/mol. The van der Waals surface area contributed by atoms with Gasteiger partial charge in [-0.05, 0) is 34.1 Å². The molecule has 14 heteroatoms. The van der Waals surface area contributed by atoms with Crippen LogP contribution < -0.4 is 11.1 Å². The Bertz CT molecular complexity index is 1080. The van der Waals surface area contributed by atoms with Crippen LogP contribution in [0, 0.1) is 6.92 Å². The molecule has 0 aliphatic heterocycles. The van der Waals surface area contributed by atoms with E-state index in [1.807, 2.05) is 0 Å². The van der Waals surface area contributed by atoms with Gasteiger partial charge in [-0.25, -0.2) is 9.59 Å². The molecule has 2 aromatic heterocycles. The second-order valence-electron chi connectivity index (χ2n) is 6.90. The van der Waals surface area contributed by atoms with E-state index in [1.54, 1.807) is 27.7 Å². The first-order chi connectivity index (χ1) is 16.7. The second-order valence-corrected chi connectivity index (χ2v) is 7.84. The van der Waals surface area contributed by atoms with E-state index in [9.17, 15) is 19.2 Å². The topological polar surface area (TPSA) is 178 Å². The number of rotatable bonds is 12. The Labute approximate surface area is 206 Å². The van der Waals surface area contributed by atoms with Crippen LogP contribution in [0.15, 0.2) is 9.57 Å². The third-order valence-electron chi connectivity index (χ3n) is 4.60. The van der Waals surface area contributed by atoms with Crippen LogP contribution >= 0.6 is 11.8 Å². The number of hydrogen-bond acceptors (Lipinski definition) is 12. The first-order valence-electron chi connectivity index (χ1n) is 11.0. The summed E-state index contributed by atoms with van der Waals surface area (Å²) in [6, 6.07) is -0.929. The Balaban J connectivity index is 2.39. The van der Waals surface area contributed by atoms with E-state index in [0.29, 0.717) is 0 Å². The molecule has 1 unspecified atom stereocenters. The van der Waals surface area contributed by atoms with Gasteiger partial charge in [-0.1, -0.05) is 18.7 Å². The minimum absolute atomic E-state index is 0.0363. The zero-order chi connectivity index (χ0) is 26.1. The predicted octanol–water partition coefficient (Wildman–Crippen LogP) is 2.36. The van der Waals surface area contributed by atoms with Gasteiger partial charge in [0.1, 0.15) is 22.9 Å². The van der Waals surface area contributed by atoms with Crippen LogP contribution in [0.5, 0.6) is 0 Å². The summed E-state index contributed by atoms with van der Waals surface area (Å²) in [6.07, 6.45) is 0.250. The number of nitrogens with zero attached hydrogens (tertiary/aromatic N) is 3. The highest BCUT2D eigenvalue weighted by Crippen LogP contribution is 2.31. The monoisotopic (exact) mass is 511 g/mol. The van der Waals surface area contributed by atoms with Crippen molar-refractivity contribution in [1.82, 2.24) is 14.8 Å². The summed E-state index contributed by atoms with van der Waals surface area (Å²) in [7, 11) is 0. The Morgan fingerprint density at radius 1 is 1.00 bits per heavy atom. The molecule has 0 aromatic carbocycles. The number of carbonyl (C=O) groups excluding carboxylic acids is 4. The van der Waals surface area contributed by atoms with Gasteiger partial charge >= 0.3 is 17.9 Å². The summed E-state index contributed by atoms with van der Waals surface area (Å²) in [5, 5.41) is 10.5. The molecule has 0 spiro atoms. The average Bonchev–Trinajstić information content (AvgIpc) is 3.32. The fraction of sp³-hybridized carbons (Fsp3) is 0.524. The maximum absolute atomic E-state index is 13.3. The largest absolute Gasteiger partial charge is 0.465 e. The van der Waals surface area contributed by atoms with Crippen molar-refractivity contribution in [3.05, 3.63) is 16.9 Å². The molecule has 2 aromatic rings. The van der Waals surface area contributed by atoms with Crippen molar-refractivity contribution in [2.75, 3.05) is 36.6 Å². The zero-order valence-corrected chi connectivity index (χ0v) is 21.0. The number of ether oxygens (including phenoxy) is 3. The fourth-order valence-corrected chi connectivity index (χ4v) is 3.95. The summed E-state index contributed by atoms with van der Waals surface area (Å²) in [5.41, 5.74) is 5.57. The molecule has 0 aliphatic rings. The molecule has 13 nitrogen and oxygen atoms in total. The Morgan fingerprint density at radius 3 is 2.17 bits per heavy atom. The van der Waals surface area contributed by atoms with Gasteiger partial charge < -0.3 is 24.4 Å². The molecule has 0 aliphatic carbocycles. The number of carbonyl (C=O) groups is 4.